The van der Waals surface area contributed by atoms with Crippen LogP contribution in [0.5, 0.6) is 11.5 Å². The Labute approximate surface area is 172 Å². The van der Waals surface area contributed by atoms with Gasteiger partial charge in [-0.15, -0.1) is 11.3 Å². The molecule has 4 rings (SSSR count). The highest BCUT2D eigenvalue weighted by molar-refractivity contribution is 7.94. The molecule has 2 aromatic carbocycles. The Morgan fingerprint density at radius 2 is 1.76 bits per heavy atom. The van der Waals surface area contributed by atoms with Gasteiger partial charge in [0.15, 0.2) is 11.5 Å². The maximum Gasteiger partial charge on any atom is 0.271 e. The Morgan fingerprint density at radius 1 is 1.00 bits per heavy atom. The minimum Gasteiger partial charge on any atom is -0.454 e. The molecule has 1 aromatic heterocycles. The van der Waals surface area contributed by atoms with E-state index in [0.29, 0.717) is 23.7 Å². The number of carbonyl (C=O) groups excluding carboxylic acids is 1. The third-order valence-electron chi connectivity index (χ3n) is 4.26. The largest absolute Gasteiger partial charge is 0.454 e. The summed E-state index contributed by atoms with van der Waals surface area (Å²) < 4.78 is 37.8. The van der Waals surface area contributed by atoms with Crippen LogP contribution in [0.25, 0.3) is 0 Å². The average molecular weight is 431 g/mol. The second-order valence-corrected chi connectivity index (χ2v) is 9.23. The van der Waals surface area contributed by atoms with E-state index in [2.05, 4.69) is 10.0 Å². The molecule has 1 amide bonds. The van der Waals surface area contributed by atoms with E-state index in [4.69, 9.17) is 9.47 Å². The van der Waals surface area contributed by atoms with E-state index >= 15 is 0 Å². The lowest BCUT2D eigenvalue weighted by Crippen LogP contribution is -2.24. The average Bonchev–Trinajstić information content (AvgIpc) is 3.39. The molecule has 2 heterocycles. The van der Waals surface area contributed by atoms with Crippen LogP contribution in [0, 0.1) is 0 Å². The predicted octanol–water partition coefficient (Wildman–Crippen LogP) is 3.14. The fraction of sp³-hybridized carbons (Fsp3) is 0.150. The van der Waals surface area contributed by atoms with E-state index in [1.165, 1.54) is 0 Å². The minimum absolute atomic E-state index is 0.130. The van der Waals surface area contributed by atoms with Crippen molar-refractivity contribution in [3.63, 3.8) is 0 Å². The van der Waals surface area contributed by atoms with Crippen molar-refractivity contribution in [1.29, 1.82) is 0 Å². The third-order valence-corrected chi connectivity index (χ3v) is 7.04. The van der Waals surface area contributed by atoms with Crippen LogP contribution in [-0.4, -0.2) is 21.1 Å². The predicted molar refractivity (Wildman–Crippen MR) is 110 cm³/mol. The molecular weight excluding hydrogens is 412 g/mol. The van der Waals surface area contributed by atoms with Gasteiger partial charge in [-0.3, -0.25) is 9.52 Å². The summed E-state index contributed by atoms with van der Waals surface area (Å²) in [4.78, 5) is 12.2. The fourth-order valence-corrected chi connectivity index (χ4v) is 4.86. The first-order valence-electron chi connectivity index (χ1n) is 8.80. The van der Waals surface area contributed by atoms with E-state index in [1.807, 2.05) is 18.2 Å². The van der Waals surface area contributed by atoms with Gasteiger partial charge in [-0.2, -0.15) is 0 Å². The van der Waals surface area contributed by atoms with Gasteiger partial charge in [-0.1, -0.05) is 24.3 Å². The summed E-state index contributed by atoms with van der Waals surface area (Å²) >= 11 is 1.15. The number of hydrogen-bond donors (Lipinski definition) is 2. The highest BCUT2D eigenvalue weighted by Gasteiger charge is 2.15. The standard InChI is InChI=1S/C20H18N2O5S2/c23-19(21-12-15-5-8-17-18(10-15)27-13-26-17)11-14-3-6-16(7-4-14)22-29(24,25)20-2-1-9-28-20/h1-10,22H,11-13H2,(H,21,23). The SMILES string of the molecule is O=C(Cc1ccc(NS(=O)(=O)c2cccs2)cc1)NCc1ccc2c(c1)OCO2. The third kappa shape index (κ3) is 4.69. The number of thiophene rings is 1. The van der Waals surface area contributed by atoms with Crippen molar-refractivity contribution >= 4 is 33.0 Å². The first kappa shape index (κ1) is 19.3. The molecule has 150 valence electrons. The molecule has 1 aliphatic rings. The Balaban J connectivity index is 1.31. The molecule has 0 bridgehead atoms. The lowest BCUT2D eigenvalue weighted by Gasteiger charge is -2.08. The lowest BCUT2D eigenvalue weighted by molar-refractivity contribution is -0.120. The molecule has 0 saturated carbocycles. The quantitative estimate of drug-likeness (QED) is 0.601. The molecule has 1 aliphatic heterocycles. The number of sulfonamides is 1. The second-order valence-electron chi connectivity index (χ2n) is 6.38. The summed E-state index contributed by atoms with van der Waals surface area (Å²) in [6.45, 7) is 0.596. The summed E-state index contributed by atoms with van der Waals surface area (Å²) in [5, 5.41) is 4.57. The molecule has 0 atom stereocenters. The van der Waals surface area contributed by atoms with E-state index in [9.17, 15) is 13.2 Å². The Hall–Kier alpha value is -3.04. The molecule has 2 N–H and O–H groups in total. The van der Waals surface area contributed by atoms with Gasteiger partial charge in [-0.25, -0.2) is 8.42 Å². The lowest BCUT2D eigenvalue weighted by atomic mass is 10.1. The van der Waals surface area contributed by atoms with Crippen LogP contribution in [0.2, 0.25) is 0 Å². The fourth-order valence-electron chi connectivity index (χ4n) is 2.81. The molecule has 9 heteroatoms. The van der Waals surface area contributed by atoms with Crippen molar-refractivity contribution in [2.75, 3.05) is 11.5 Å². The number of nitrogens with one attached hydrogen (secondary N) is 2. The zero-order valence-electron chi connectivity index (χ0n) is 15.3. The number of rotatable bonds is 7. The first-order valence-corrected chi connectivity index (χ1v) is 11.2. The molecule has 0 saturated heterocycles. The van der Waals surface area contributed by atoms with Gasteiger partial charge in [0.25, 0.3) is 10.0 Å². The van der Waals surface area contributed by atoms with Gasteiger partial charge in [0.2, 0.25) is 12.7 Å². The van der Waals surface area contributed by atoms with Crippen molar-refractivity contribution in [3.05, 3.63) is 71.1 Å². The Bertz CT molecular complexity index is 1110. The zero-order chi connectivity index (χ0) is 20.3. The van der Waals surface area contributed by atoms with Gasteiger partial charge in [0.1, 0.15) is 4.21 Å². The van der Waals surface area contributed by atoms with Crippen LogP contribution in [-0.2, 0) is 27.8 Å². The molecule has 0 fully saturated rings. The number of anilines is 1. The van der Waals surface area contributed by atoms with Gasteiger partial charge in [0, 0.05) is 12.2 Å². The highest BCUT2D eigenvalue weighted by atomic mass is 32.2. The first-order chi connectivity index (χ1) is 14.0. The van der Waals surface area contributed by atoms with Crippen molar-refractivity contribution in [2.24, 2.45) is 0 Å². The van der Waals surface area contributed by atoms with Crippen LogP contribution in [0.3, 0.4) is 0 Å². The van der Waals surface area contributed by atoms with E-state index < -0.39 is 10.0 Å². The van der Waals surface area contributed by atoms with E-state index in [0.717, 1.165) is 22.5 Å². The van der Waals surface area contributed by atoms with Gasteiger partial charge in [-0.05, 0) is 46.8 Å². The summed E-state index contributed by atoms with van der Waals surface area (Å²) in [6, 6.07) is 15.5. The summed E-state index contributed by atoms with van der Waals surface area (Å²) in [7, 11) is -3.58. The zero-order valence-corrected chi connectivity index (χ0v) is 16.9. The van der Waals surface area contributed by atoms with Crippen molar-refractivity contribution < 1.29 is 22.7 Å². The number of benzene rings is 2. The summed E-state index contributed by atoms with van der Waals surface area (Å²) in [5.41, 5.74) is 2.15. The normalized spacial score (nSPS) is 12.6. The van der Waals surface area contributed by atoms with Gasteiger partial charge in [0.05, 0.1) is 6.42 Å². The monoisotopic (exact) mass is 430 g/mol. The molecule has 29 heavy (non-hydrogen) atoms. The van der Waals surface area contributed by atoms with Crippen LogP contribution in [0.15, 0.2) is 64.2 Å². The number of hydrogen-bond acceptors (Lipinski definition) is 6. The number of fused-ring (bicyclic) bond motifs is 1. The second kappa shape index (κ2) is 8.14. The molecule has 3 aromatic rings. The minimum atomic E-state index is -3.58. The number of carbonyl (C=O) groups is 1. The van der Waals surface area contributed by atoms with Crippen molar-refractivity contribution in [1.82, 2.24) is 5.32 Å². The summed E-state index contributed by atoms with van der Waals surface area (Å²) in [5.74, 6) is 1.25. The van der Waals surface area contributed by atoms with Crippen LogP contribution < -0.4 is 19.5 Å². The molecular formula is C20H18N2O5S2. The van der Waals surface area contributed by atoms with Gasteiger partial charge >= 0.3 is 0 Å². The Kier molecular flexibility index (Phi) is 5.41. The molecule has 0 spiro atoms. The number of ether oxygens (including phenoxy) is 2. The summed E-state index contributed by atoms with van der Waals surface area (Å²) in [6.07, 6.45) is 0.197. The van der Waals surface area contributed by atoms with E-state index in [-0.39, 0.29) is 23.3 Å². The molecule has 7 nitrogen and oxygen atoms in total. The number of amides is 1. The van der Waals surface area contributed by atoms with Crippen molar-refractivity contribution in [2.45, 2.75) is 17.2 Å². The topological polar surface area (TPSA) is 93.7 Å². The Morgan fingerprint density at radius 3 is 2.52 bits per heavy atom. The van der Waals surface area contributed by atoms with Crippen LogP contribution in [0.4, 0.5) is 5.69 Å². The van der Waals surface area contributed by atoms with Crippen LogP contribution >= 0.6 is 11.3 Å². The smallest absolute Gasteiger partial charge is 0.271 e. The molecule has 0 unspecified atom stereocenters. The van der Waals surface area contributed by atoms with Crippen molar-refractivity contribution in [3.8, 4) is 11.5 Å². The van der Waals surface area contributed by atoms with Gasteiger partial charge < -0.3 is 14.8 Å². The van der Waals surface area contributed by atoms with Crippen LogP contribution in [0.1, 0.15) is 11.1 Å². The van der Waals surface area contributed by atoms with E-state index in [1.54, 1.807) is 41.8 Å². The molecule has 0 aliphatic carbocycles. The maximum atomic E-state index is 12.2. The molecule has 0 radical (unpaired) electrons. The highest BCUT2D eigenvalue weighted by Crippen LogP contribution is 2.32. The maximum absolute atomic E-state index is 12.2.